The first-order chi connectivity index (χ1) is 17.9. The highest BCUT2D eigenvalue weighted by molar-refractivity contribution is 6.20. The molecule has 3 rings (SSSR count). The second-order valence-corrected chi connectivity index (χ2v) is 9.53. The van der Waals surface area contributed by atoms with Crippen molar-refractivity contribution in [3.8, 4) is 0 Å². The van der Waals surface area contributed by atoms with Crippen molar-refractivity contribution in [2.45, 2.75) is 5.31 Å². The van der Waals surface area contributed by atoms with Crippen molar-refractivity contribution in [3.05, 3.63) is 89.5 Å². The van der Waals surface area contributed by atoms with E-state index in [9.17, 15) is 20.4 Å². The maximum absolute atomic E-state index is 9.44. The van der Waals surface area contributed by atoms with E-state index >= 15 is 0 Å². The molecule has 0 fully saturated rings. The van der Waals surface area contributed by atoms with Crippen molar-refractivity contribution in [2.24, 2.45) is 0 Å². The quantitative estimate of drug-likeness (QED) is 0.194. The van der Waals surface area contributed by atoms with E-state index in [1.165, 1.54) is 0 Å². The summed E-state index contributed by atoms with van der Waals surface area (Å²) in [5.74, 6) is 0. The first kappa shape index (κ1) is 28.5. The van der Waals surface area contributed by atoms with Crippen LogP contribution in [-0.4, -0.2) is 95.0 Å². The second kappa shape index (κ2) is 13.5. The Bertz CT molecular complexity index is 1000. The number of hydrogen-bond acceptors (Lipinski definition) is 7. The molecule has 0 saturated heterocycles. The van der Waals surface area contributed by atoms with Crippen LogP contribution in [0.3, 0.4) is 0 Å². The van der Waals surface area contributed by atoms with E-state index < -0.39 is 5.31 Å². The van der Waals surface area contributed by atoms with Gasteiger partial charge in [-0.2, -0.15) is 0 Å². The molecular weight excluding hydrogens is 465 g/mol. The highest BCUT2D eigenvalue weighted by Gasteiger charge is 2.31. The maximum Gasteiger partial charge on any atom is 0.126 e. The predicted octanol–water partition coefficient (Wildman–Crippen LogP) is 1.26. The van der Waals surface area contributed by atoms with Gasteiger partial charge in [0, 0.05) is 62.7 Å². The van der Waals surface area contributed by atoms with E-state index in [-0.39, 0.29) is 26.4 Å². The lowest BCUT2D eigenvalue weighted by atomic mass is 9.56. The van der Waals surface area contributed by atoms with Gasteiger partial charge in [-0.05, 0) is 53.1 Å². The van der Waals surface area contributed by atoms with Crippen molar-refractivity contribution >= 4 is 24.9 Å². The molecule has 3 aromatic rings. The third-order valence-corrected chi connectivity index (χ3v) is 7.06. The number of aliphatic hydroxyl groups is 4. The smallest absolute Gasteiger partial charge is 0.126 e. The van der Waals surface area contributed by atoms with Crippen LogP contribution in [0.4, 0.5) is 17.1 Å². The minimum Gasteiger partial charge on any atom is -0.395 e. The summed E-state index contributed by atoms with van der Waals surface area (Å²) in [6, 6.07) is 25.3. The van der Waals surface area contributed by atoms with Gasteiger partial charge in [0.2, 0.25) is 0 Å². The molecule has 0 radical (unpaired) electrons. The summed E-state index contributed by atoms with van der Waals surface area (Å²) in [4.78, 5) is 6.02. The fraction of sp³-hybridized carbons (Fsp3) is 0.379. The van der Waals surface area contributed by atoms with Crippen LogP contribution in [0.2, 0.25) is 0 Å². The molecule has 4 N–H and O–H groups in total. The van der Waals surface area contributed by atoms with E-state index in [4.69, 9.17) is 0 Å². The fourth-order valence-electron chi connectivity index (χ4n) is 4.83. The number of anilines is 3. The molecular formula is C29H40BN3O4. The zero-order valence-corrected chi connectivity index (χ0v) is 22.2. The number of aliphatic hydroxyl groups excluding tert-OH is 4. The number of rotatable bonds is 14. The Kier molecular flexibility index (Phi) is 10.4. The first-order valence-corrected chi connectivity index (χ1v) is 12.8. The summed E-state index contributed by atoms with van der Waals surface area (Å²) in [5.41, 5.74) is 6.44. The molecule has 8 heteroatoms. The molecule has 0 saturated carbocycles. The number of benzene rings is 3. The van der Waals surface area contributed by atoms with Gasteiger partial charge in [0.25, 0.3) is 0 Å². The molecule has 0 aliphatic carbocycles. The molecule has 198 valence electrons. The zero-order valence-electron chi connectivity index (χ0n) is 22.2. The maximum atomic E-state index is 9.44. The molecule has 0 atom stereocenters. The van der Waals surface area contributed by atoms with E-state index in [0.29, 0.717) is 26.2 Å². The first-order valence-electron chi connectivity index (χ1n) is 12.8. The molecule has 0 amide bonds. The van der Waals surface area contributed by atoms with Crippen LogP contribution >= 0.6 is 0 Å². The minimum atomic E-state index is -0.445. The monoisotopic (exact) mass is 505 g/mol. The van der Waals surface area contributed by atoms with Crippen molar-refractivity contribution in [3.63, 3.8) is 0 Å². The van der Waals surface area contributed by atoms with Gasteiger partial charge in [0.1, 0.15) is 7.85 Å². The highest BCUT2D eigenvalue weighted by Crippen LogP contribution is 2.38. The standard InChI is InChI=1S/C29H40BN3O4/c1-31(2)26-9-3-23(4-10-26)29(30,24-5-11-27(12-6-24)32(15-19-34)16-20-35)25-7-13-28(14-8-25)33(17-21-36)18-22-37/h3-14,34-37H,15-22,30H2,1-2H3. The summed E-state index contributed by atoms with van der Waals surface area (Å²) in [6.07, 6.45) is 0. The molecule has 0 aliphatic rings. The van der Waals surface area contributed by atoms with Gasteiger partial charge in [0.05, 0.1) is 26.4 Å². The van der Waals surface area contributed by atoms with E-state index in [0.717, 1.165) is 33.8 Å². The number of nitrogens with zero attached hydrogens (tertiary/aromatic N) is 3. The number of hydrogen-bond donors (Lipinski definition) is 4. The summed E-state index contributed by atoms with van der Waals surface area (Å²) >= 11 is 0. The molecule has 0 spiro atoms. The van der Waals surface area contributed by atoms with Crippen LogP contribution in [0.1, 0.15) is 16.7 Å². The Hall–Kier alpha value is -3.04. The van der Waals surface area contributed by atoms with Crippen LogP contribution in [0.5, 0.6) is 0 Å². The Morgan fingerprint density at radius 1 is 0.514 bits per heavy atom. The minimum absolute atomic E-state index is 0.0214. The van der Waals surface area contributed by atoms with Gasteiger partial charge in [-0.25, -0.2) is 0 Å². The Labute approximate surface area is 221 Å². The molecule has 3 aromatic carbocycles. The van der Waals surface area contributed by atoms with Crippen LogP contribution in [0.15, 0.2) is 72.8 Å². The topological polar surface area (TPSA) is 90.6 Å². The summed E-state index contributed by atoms with van der Waals surface area (Å²) in [5, 5.41) is 37.3. The summed E-state index contributed by atoms with van der Waals surface area (Å²) < 4.78 is 0. The van der Waals surface area contributed by atoms with Gasteiger partial charge in [0.15, 0.2) is 0 Å². The fourth-order valence-corrected chi connectivity index (χ4v) is 4.83. The van der Waals surface area contributed by atoms with Crippen LogP contribution in [-0.2, 0) is 5.31 Å². The SMILES string of the molecule is BC(c1ccc(N(C)C)cc1)(c1ccc(N(CCO)CCO)cc1)c1ccc(N(CCO)CCO)cc1. The Morgan fingerprint density at radius 2 is 0.784 bits per heavy atom. The average Bonchev–Trinajstić information content (AvgIpc) is 2.92. The van der Waals surface area contributed by atoms with Crippen molar-refractivity contribution in [2.75, 3.05) is 81.4 Å². The van der Waals surface area contributed by atoms with Crippen molar-refractivity contribution in [1.29, 1.82) is 0 Å². The highest BCUT2D eigenvalue weighted by atomic mass is 16.3. The molecule has 0 heterocycles. The molecule has 7 nitrogen and oxygen atoms in total. The average molecular weight is 505 g/mol. The largest absolute Gasteiger partial charge is 0.395 e. The molecule has 0 aliphatic heterocycles. The van der Waals surface area contributed by atoms with Crippen LogP contribution in [0.25, 0.3) is 0 Å². The van der Waals surface area contributed by atoms with Gasteiger partial charge in [-0.3, -0.25) is 0 Å². The van der Waals surface area contributed by atoms with Gasteiger partial charge >= 0.3 is 0 Å². The molecule has 0 unspecified atom stereocenters. The van der Waals surface area contributed by atoms with Crippen LogP contribution in [0, 0.1) is 0 Å². The third kappa shape index (κ3) is 6.65. The third-order valence-electron chi connectivity index (χ3n) is 7.06. The van der Waals surface area contributed by atoms with E-state index in [2.05, 4.69) is 61.3 Å². The Morgan fingerprint density at radius 3 is 1.03 bits per heavy atom. The normalized spacial score (nSPS) is 11.4. The summed E-state index contributed by atoms with van der Waals surface area (Å²) in [6.45, 7) is 1.93. The second-order valence-electron chi connectivity index (χ2n) is 9.53. The van der Waals surface area contributed by atoms with Gasteiger partial charge in [-0.1, -0.05) is 36.4 Å². The Balaban J connectivity index is 2.06. The predicted molar refractivity (Wildman–Crippen MR) is 155 cm³/mol. The lowest BCUT2D eigenvalue weighted by Gasteiger charge is -2.34. The van der Waals surface area contributed by atoms with Crippen molar-refractivity contribution < 1.29 is 20.4 Å². The van der Waals surface area contributed by atoms with Crippen molar-refractivity contribution in [1.82, 2.24) is 0 Å². The lowest BCUT2D eigenvalue weighted by molar-refractivity contribution is 0.280. The molecule has 0 bridgehead atoms. The van der Waals surface area contributed by atoms with Gasteiger partial charge < -0.3 is 35.1 Å². The summed E-state index contributed by atoms with van der Waals surface area (Å²) in [7, 11) is 6.28. The van der Waals surface area contributed by atoms with Crippen LogP contribution < -0.4 is 14.7 Å². The lowest BCUT2D eigenvalue weighted by Crippen LogP contribution is -2.32. The van der Waals surface area contributed by atoms with E-state index in [1.54, 1.807) is 0 Å². The van der Waals surface area contributed by atoms with E-state index in [1.807, 2.05) is 48.2 Å². The zero-order chi connectivity index (χ0) is 26.8. The van der Waals surface area contributed by atoms with Gasteiger partial charge in [-0.15, -0.1) is 0 Å². The molecule has 0 aromatic heterocycles. The molecule has 37 heavy (non-hydrogen) atoms.